The lowest BCUT2D eigenvalue weighted by Crippen LogP contribution is -2.55. The second kappa shape index (κ2) is 14.0. The number of carbonyl (C=O) groups is 6. The molecule has 1 atom stereocenters. The largest absolute Gasteiger partial charge is 0.466 e. The molecular formula is C35H33NO11S3. The Balaban J connectivity index is 1.87. The van der Waals surface area contributed by atoms with Crippen molar-refractivity contribution in [2.45, 2.75) is 43.4 Å². The maximum Gasteiger partial charge on any atom is 0.345 e. The van der Waals surface area contributed by atoms with E-state index in [4.69, 9.17) is 23.7 Å². The molecular weight excluding hydrogens is 707 g/mol. The van der Waals surface area contributed by atoms with Crippen molar-refractivity contribution in [2.24, 2.45) is 0 Å². The van der Waals surface area contributed by atoms with Crippen molar-refractivity contribution in [2.75, 3.05) is 33.3 Å². The van der Waals surface area contributed by atoms with Crippen LogP contribution in [0.5, 0.6) is 0 Å². The van der Waals surface area contributed by atoms with Crippen LogP contribution in [0, 0.1) is 6.92 Å². The van der Waals surface area contributed by atoms with E-state index in [2.05, 4.69) is 0 Å². The highest BCUT2D eigenvalue weighted by molar-refractivity contribution is 8.26. The minimum absolute atomic E-state index is 0.154. The number of fused-ring (bicyclic) bond motifs is 3. The Labute approximate surface area is 300 Å². The maximum atomic E-state index is 14.8. The van der Waals surface area contributed by atoms with Gasteiger partial charge in [0.25, 0.3) is 5.91 Å². The standard InChI is InChI=1S/C35H33NO11S3/c1-17-14-15-21-20(16-17)22-28(34(3,4)36(21)29(38)24(47-18(2)37)19-12-10-9-11-13-19)48-25(31(40)44-6)23(30(39)43-5)35(22)49-26(32(41)45-7)27(50-35)33(42)46-8/h9-16,24H,1-8H3/t24-/m1/s1. The van der Waals surface area contributed by atoms with E-state index in [1.165, 1.54) is 11.8 Å². The number of hydrogen-bond acceptors (Lipinski definition) is 14. The van der Waals surface area contributed by atoms with E-state index in [-0.39, 0.29) is 20.3 Å². The van der Waals surface area contributed by atoms with Crippen LogP contribution in [0.4, 0.5) is 5.69 Å². The van der Waals surface area contributed by atoms with Crippen molar-refractivity contribution in [3.63, 3.8) is 0 Å². The minimum Gasteiger partial charge on any atom is -0.466 e. The smallest absolute Gasteiger partial charge is 0.345 e. The van der Waals surface area contributed by atoms with Crippen molar-refractivity contribution >= 4 is 82.3 Å². The van der Waals surface area contributed by atoms with Gasteiger partial charge < -0.3 is 23.7 Å². The molecule has 0 aliphatic carbocycles. The zero-order valence-corrected chi connectivity index (χ0v) is 30.8. The van der Waals surface area contributed by atoms with Crippen LogP contribution in [0.2, 0.25) is 0 Å². The molecule has 0 bridgehead atoms. The fourth-order valence-electron chi connectivity index (χ4n) is 6.00. The number of nitrogens with zero attached hydrogens (tertiary/aromatic N) is 1. The molecule has 5 rings (SSSR count). The molecule has 0 aromatic heterocycles. The average molecular weight is 740 g/mol. The summed E-state index contributed by atoms with van der Waals surface area (Å²) in [4.78, 5) is 82.6. The summed E-state index contributed by atoms with van der Waals surface area (Å²) in [6, 6.07) is 13.9. The highest BCUT2D eigenvalue weighted by Crippen LogP contribution is 2.71. The molecule has 1 spiro atoms. The summed E-state index contributed by atoms with van der Waals surface area (Å²) in [7, 11) is 4.60. The average Bonchev–Trinajstić information content (AvgIpc) is 3.49. The van der Waals surface area contributed by atoms with Gasteiger partial charge in [0.15, 0.2) is 0 Å². The van der Waals surface area contributed by atoms with Crippen LogP contribution in [0.1, 0.15) is 43.6 Å². The number of esters is 5. The van der Waals surface area contributed by atoms with Crippen LogP contribution in [-0.4, -0.2) is 73.8 Å². The number of hydrogen-bond donors (Lipinski definition) is 0. The second-order valence-electron chi connectivity index (χ2n) is 11.6. The molecule has 0 saturated heterocycles. The van der Waals surface area contributed by atoms with E-state index in [1.807, 2.05) is 6.92 Å². The molecule has 0 N–H and O–H groups in total. The molecule has 3 aliphatic rings. The first-order chi connectivity index (χ1) is 23.7. The van der Waals surface area contributed by atoms with Gasteiger partial charge in [-0.25, -0.2) is 19.2 Å². The SMILES string of the molecule is COC(=O)C1=C(C(=O)OC)SC2(S1)C(C(=O)OC)=C(C(=O)OC)SC1=C2c2cc(C)ccc2N(C(=O)[C@H](OC(C)=O)c2ccccc2)C1(C)C. The number of thioether (sulfide) groups is 3. The first-order valence-electron chi connectivity index (χ1n) is 15.0. The molecule has 1 amide bonds. The van der Waals surface area contributed by atoms with Gasteiger partial charge in [0, 0.05) is 28.5 Å². The first-order valence-corrected chi connectivity index (χ1v) is 17.4. The van der Waals surface area contributed by atoms with Crippen LogP contribution in [-0.2, 0) is 52.5 Å². The Kier molecular flexibility index (Phi) is 10.3. The summed E-state index contributed by atoms with van der Waals surface area (Å²) in [5, 5.41) is 0. The van der Waals surface area contributed by atoms with Crippen molar-refractivity contribution in [1.82, 2.24) is 0 Å². The number of anilines is 1. The lowest BCUT2D eigenvalue weighted by Gasteiger charge is -2.51. The number of benzene rings is 2. The van der Waals surface area contributed by atoms with Crippen molar-refractivity contribution in [3.05, 3.63) is 90.4 Å². The number of methoxy groups -OCH3 is 4. The summed E-state index contributed by atoms with van der Waals surface area (Å²) in [5.74, 6) is -4.80. The minimum atomic E-state index is -1.73. The highest BCUT2D eigenvalue weighted by atomic mass is 32.2. The molecule has 12 nitrogen and oxygen atoms in total. The summed E-state index contributed by atoms with van der Waals surface area (Å²) >= 11 is 2.59. The Bertz CT molecular complexity index is 1900. The van der Waals surface area contributed by atoms with Crippen LogP contribution in [0.25, 0.3) is 5.57 Å². The van der Waals surface area contributed by atoms with E-state index >= 15 is 0 Å². The van der Waals surface area contributed by atoms with Crippen molar-refractivity contribution in [3.8, 4) is 0 Å². The van der Waals surface area contributed by atoms with E-state index in [1.54, 1.807) is 62.4 Å². The maximum absolute atomic E-state index is 14.8. The molecule has 0 radical (unpaired) electrons. The van der Waals surface area contributed by atoms with E-state index in [0.29, 0.717) is 27.3 Å². The lowest BCUT2D eigenvalue weighted by molar-refractivity contribution is -0.153. The molecule has 50 heavy (non-hydrogen) atoms. The number of amides is 1. The Morgan fingerprint density at radius 2 is 1.28 bits per heavy atom. The molecule has 0 unspecified atom stereocenters. The third kappa shape index (κ3) is 6.00. The first kappa shape index (κ1) is 36.8. The van der Waals surface area contributed by atoms with Gasteiger partial charge in [0.05, 0.1) is 45.2 Å². The topological polar surface area (TPSA) is 152 Å². The Morgan fingerprint density at radius 1 is 0.740 bits per heavy atom. The third-order valence-electron chi connectivity index (χ3n) is 8.12. The zero-order chi connectivity index (χ0) is 36.7. The molecule has 262 valence electrons. The third-order valence-corrected chi connectivity index (χ3v) is 12.8. The fourth-order valence-corrected chi connectivity index (χ4v) is 11.1. The Hall–Kier alpha value is -4.47. The van der Waals surface area contributed by atoms with Crippen LogP contribution >= 0.6 is 35.3 Å². The number of carbonyl (C=O) groups excluding carboxylic acids is 6. The summed E-state index contributed by atoms with van der Waals surface area (Å²) < 4.78 is 24.4. The molecule has 0 fully saturated rings. The van der Waals surface area contributed by atoms with Crippen molar-refractivity contribution in [1.29, 1.82) is 0 Å². The van der Waals surface area contributed by atoms with E-state index in [0.717, 1.165) is 69.3 Å². The van der Waals surface area contributed by atoms with Crippen molar-refractivity contribution < 1.29 is 52.5 Å². The number of rotatable bonds is 7. The van der Waals surface area contributed by atoms with Gasteiger partial charge in [-0.3, -0.25) is 14.5 Å². The van der Waals surface area contributed by atoms with E-state index < -0.39 is 51.5 Å². The van der Waals surface area contributed by atoms with Gasteiger partial charge >= 0.3 is 29.8 Å². The molecule has 3 heterocycles. The van der Waals surface area contributed by atoms with Gasteiger partial charge in [-0.1, -0.05) is 77.2 Å². The van der Waals surface area contributed by atoms with Gasteiger partial charge in [0.1, 0.15) is 18.8 Å². The summed E-state index contributed by atoms with van der Waals surface area (Å²) in [6.07, 6.45) is -1.35. The monoisotopic (exact) mass is 739 g/mol. The predicted molar refractivity (Wildman–Crippen MR) is 188 cm³/mol. The fraction of sp³-hybridized carbons (Fsp3) is 0.314. The molecule has 2 aromatic carbocycles. The second-order valence-corrected chi connectivity index (χ2v) is 15.3. The number of ether oxygens (including phenoxy) is 5. The van der Waals surface area contributed by atoms with E-state index in [9.17, 15) is 28.8 Å². The normalized spacial score (nSPS) is 17.8. The lowest BCUT2D eigenvalue weighted by atomic mass is 9.82. The molecule has 2 aromatic rings. The molecule has 0 saturated carbocycles. The van der Waals surface area contributed by atoms with Gasteiger partial charge in [0.2, 0.25) is 6.10 Å². The highest BCUT2D eigenvalue weighted by Gasteiger charge is 2.62. The number of aryl methyl sites for hydroxylation is 1. The van der Waals surface area contributed by atoms with Gasteiger partial charge in [-0.15, -0.1) is 0 Å². The van der Waals surface area contributed by atoms with Crippen LogP contribution in [0.3, 0.4) is 0 Å². The Morgan fingerprint density at radius 3 is 1.80 bits per heavy atom. The summed E-state index contributed by atoms with van der Waals surface area (Å²) in [6.45, 7) is 6.55. The zero-order valence-electron chi connectivity index (χ0n) is 28.4. The van der Waals surface area contributed by atoms with Crippen LogP contribution < -0.4 is 4.90 Å². The van der Waals surface area contributed by atoms with Gasteiger partial charge in [-0.05, 0) is 32.9 Å². The summed E-state index contributed by atoms with van der Waals surface area (Å²) in [5.41, 5.74) is 0.974. The van der Waals surface area contributed by atoms with Gasteiger partial charge in [-0.2, -0.15) is 0 Å². The molecule has 3 aliphatic heterocycles. The quantitative estimate of drug-likeness (QED) is 0.270. The molecule has 15 heteroatoms. The van der Waals surface area contributed by atoms with Crippen LogP contribution in [0.15, 0.2) is 73.7 Å². The predicted octanol–water partition coefficient (Wildman–Crippen LogP) is 5.22.